The molecule has 0 aliphatic rings. The fourth-order valence-electron chi connectivity index (χ4n) is 7.24. The third-order valence-electron chi connectivity index (χ3n) is 9.49. The van der Waals surface area contributed by atoms with E-state index in [0.29, 0.717) is 0 Å². The summed E-state index contributed by atoms with van der Waals surface area (Å²) in [6, 6.07) is 53.4. The zero-order valence-corrected chi connectivity index (χ0v) is 29.1. The molecule has 11 aromatic rings. The number of fused-ring (bicyclic) bond motifs is 11. The molecule has 0 unspecified atom stereocenters. The van der Waals surface area contributed by atoms with Gasteiger partial charge in [-0.1, -0.05) is 72.8 Å². The number of thiazole rings is 1. The van der Waals surface area contributed by atoms with Crippen molar-refractivity contribution in [3.05, 3.63) is 146 Å². The Bertz CT molecular complexity index is 2960. The fraction of sp³-hybridized carbons (Fsp3) is 0. The van der Waals surface area contributed by atoms with Crippen LogP contribution in [0.3, 0.4) is 0 Å². The van der Waals surface area contributed by atoms with Crippen molar-refractivity contribution >= 4 is 133 Å². The van der Waals surface area contributed by atoms with Gasteiger partial charge in [0.15, 0.2) is 0 Å². The molecule has 230 valence electrons. The van der Waals surface area contributed by atoms with Crippen LogP contribution < -0.4 is 4.90 Å². The van der Waals surface area contributed by atoms with Crippen LogP contribution in [0.2, 0.25) is 0 Å². The van der Waals surface area contributed by atoms with E-state index in [2.05, 4.69) is 150 Å². The molecule has 0 radical (unpaired) electrons. The van der Waals surface area contributed by atoms with E-state index in [9.17, 15) is 0 Å². The number of hydrogen-bond donors (Lipinski definition) is 0. The summed E-state index contributed by atoms with van der Waals surface area (Å²) in [7, 11) is 0. The first-order chi connectivity index (χ1) is 24.2. The molecule has 2 nitrogen and oxygen atoms in total. The van der Waals surface area contributed by atoms with Gasteiger partial charge in [0.25, 0.3) is 0 Å². The zero-order chi connectivity index (χ0) is 32.1. The zero-order valence-electron chi connectivity index (χ0n) is 25.9. The van der Waals surface area contributed by atoms with Gasteiger partial charge in [0.1, 0.15) is 5.01 Å². The third-order valence-corrected chi connectivity index (χ3v) is 14.0. The van der Waals surface area contributed by atoms with E-state index >= 15 is 0 Å². The average molecular weight is 697 g/mol. The highest BCUT2D eigenvalue weighted by atomic mass is 32.1. The predicted molar refractivity (Wildman–Crippen MR) is 218 cm³/mol. The maximum absolute atomic E-state index is 5.20. The lowest BCUT2D eigenvalue weighted by Gasteiger charge is -2.26. The molecule has 0 N–H and O–H groups in total. The molecule has 0 saturated heterocycles. The normalized spacial score (nSPS) is 12.1. The van der Waals surface area contributed by atoms with Crippen molar-refractivity contribution in [2.45, 2.75) is 0 Å². The van der Waals surface area contributed by atoms with E-state index in [1.54, 1.807) is 11.3 Å². The van der Waals surface area contributed by atoms with Crippen LogP contribution in [0.4, 0.5) is 17.1 Å². The second-order valence-corrected chi connectivity index (χ2v) is 16.6. The second kappa shape index (κ2) is 10.7. The highest BCUT2D eigenvalue weighted by Crippen LogP contribution is 2.46. The Balaban J connectivity index is 1.13. The number of thiophene rings is 3. The van der Waals surface area contributed by atoms with E-state index < -0.39 is 0 Å². The quantitative estimate of drug-likeness (QED) is 0.182. The van der Waals surface area contributed by atoms with Gasteiger partial charge in [0, 0.05) is 83.1 Å². The van der Waals surface area contributed by atoms with Crippen molar-refractivity contribution in [2.75, 3.05) is 4.90 Å². The van der Waals surface area contributed by atoms with Gasteiger partial charge in [-0.05, 0) is 72.8 Å². The lowest BCUT2D eigenvalue weighted by molar-refractivity contribution is 1.30. The average Bonchev–Trinajstić information content (AvgIpc) is 3.92. The van der Waals surface area contributed by atoms with Gasteiger partial charge in [-0.3, -0.25) is 0 Å². The van der Waals surface area contributed by atoms with Crippen LogP contribution in [-0.4, -0.2) is 4.98 Å². The first-order valence-electron chi connectivity index (χ1n) is 16.2. The van der Waals surface area contributed by atoms with Crippen molar-refractivity contribution in [2.24, 2.45) is 0 Å². The Morgan fingerprint density at radius 2 is 0.898 bits per heavy atom. The molecule has 0 amide bonds. The molecule has 0 saturated carbocycles. The number of rotatable bonds is 4. The molecule has 0 aliphatic carbocycles. The van der Waals surface area contributed by atoms with Crippen LogP contribution in [0.15, 0.2) is 146 Å². The number of anilines is 3. The summed E-state index contributed by atoms with van der Waals surface area (Å²) in [5, 5.41) is 8.81. The highest BCUT2D eigenvalue weighted by molar-refractivity contribution is 7.27. The number of nitrogens with zero attached hydrogens (tertiary/aromatic N) is 2. The van der Waals surface area contributed by atoms with Crippen LogP contribution in [0.1, 0.15) is 0 Å². The summed E-state index contributed by atoms with van der Waals surface area (Å²) >= 11 is 7.35. The molecule has 7 aromatic carbocycles. The standard InChI is InChI=1S/C43H24N2S4/c1-2-8-25(9-3-1)43-44-42-39(49-43)21-20-38-41(42)31-17-14-28(24-40(31)48-38)45(26-15-18-36-32(22-26)29-10-4-6-12-34(29)46-36)27-16-19-37-33(23-27)30-11-5-7-13-35(30)47-37/h1-24H. The molecule has 0 spiro atoms. The summed E-state index contributed by atoms with van der Waals surface area (Å²) in [4.78, 5) is 7.64. The summed E-state index contributed by atoms with van der Waals surface area (Å²) in [6.45, 7) is 0. The van der Waals surface area contributed by atoms with Gasteiger partial charge in [-0.15, -0.1) is 45.3 Å². The topological polar surface area (TPSA) is 16.1 Å². The van der Waals surface area contributed by atoms with Crippen molar-refractivity contribution in [1.29, 1.82) is 0 Å². The minimum Gasteiger partial charge on any atom is -0.310 e. The van der Waals surface area contributed by atoms with E-state index in [1.807, 2.05) is 34.0 Å². The van der Waals surface area contributed by atoms with Crippen LogP contribution in [0.25, 0.3) is 81.3 Å². The van der Waals surface area contributed by atoms with Crippen molar-refractivity contribution < 1.29 is 0 Å². The van der Waals surface area contributed by atoms with Crippen molar-refractivity contribution in [3.63, 3.8) is 0 Å². The molecule has 49 heavy (non-hydrogen) atoms. The van der Waals surface area contributed by atoms with Gasteiger partial charge in [0.2, 0.25) is 0 Å². The summed E-state index contributed by atoms with van der Waals surface area (Å²) in [6.07, 6.45) is 0. The first-order valence-corrected chi connectivity index (χ1v) is 19.5. The van der Waals surface area contributed by atoms with Crippen LogP contribution in [-0.2, 0) is 0 Å². The van der Waals surface area contributed by atoms with Gasteiger partial charge < -0.3 is 4.90 Å². The Kier molecular flexibility index (Phi) is 6.07. The summed E-state index contributed by atoms with van der Waals surface area (Å²) in [5.74, 6) is 0. The maximum atomic E-state index is 5.20. The molecular weight excluding hydrogens is 673 g/mol. The molecule has 0 atom stereocenters. The molecule has 4 heterocycles. The molecule has 0 fully saturated rings. The molecule has 4 aromatic heterocycles. The van der Waals surface area contributed by atoms with Crippen LogP contribution in [0, 0.1) is 0 Å². The molecular formula is C43H24N2S4. The lowest BCUT2D eigenvalue weighted by atomic mass is 10.1. The van der Waals surface area contributed by atoms with Gasteiger partial charge in [-0.25, -0.2) is 4.98 Å². The monoisotopic (exact) mass is 696 g/mol. The summed E-state index contributed by atoms with van der Waals surface area (Å²) in [5.41, 5.74) is 5.73. The fourth-order valence-corrected chi connectivity index (χ4v) is 11.5. The smallest absolute Gasteiger partial charge is 0.124 e. The van der Waals surface area contributed by atoms with Crippen molar-refractivity contribution in [1.82, 2.24) is 4.98 Å². The molecule has 0 bridgehead atoms. The van der Waals surface area contributed by atoms with Crippen LogP contribution in [0.5, 0.6) is 0 Å². The van der Waals surface area contributed by atoms with E-state index in [1.165, 1.54) is 70.8 Å². The first kappa shape index (κ1) is 27.8. The van der Waals surface area contributed by atoms with E-state index in [4.69, 9.17) is 4.98 Å². The second-order valence-electron chi connectivity index (χ2n) is 12.3. The van der Waals surface area contributed by atoms with Crippen molar-refractivity contribution in [3.8, 4) is 10.6 Å². The number of benzene rings is 7. The highest BCUT2D eigenvalue weighted by Gasteiger charge is 2.19. The Hall–Kier alpha value is -5.11. The minimum atomic E-state index is 1.07. The summed E-state index contributed by atoms with van der Waals surface area (Å²) < 4.78 is 9.03. The predicted octanol–water partition coefficient (Wildman–Crippen LogP) is 14.5. The third kappa shape index (κ3) is 4.32. The maximum Gasteiger partial charge on any atom is 0.124 e. The Morgan fingerprint density at radius 3 is 1.59 bits per heavy atom. The van der Waals surface area contributed by atoms with Gasteiger partial charge in [0.05, 0.1) is 10.2 Å². The largest absolute Gasteiger partial charge is 0.310 e. The molecule has 6 heteroatoms. The van der Waals surface area contributed by atoms with Gasteiger partial charge in [-0.2, -0.15) is 0 Å². The van der Waals surface area contributed by atoms with E-state index in [-0.39, 0.29) is 0 Å². The SMILES string of the molecule is c1ccc(-c2nc3c(ccc4sc5cc(N(c6ccc7sc8ccccc8c7c6)c6ccc7sc8ccccc8c7c6)ccc5c43)s2)cc1. The van der Waals surface area contributed by atoms with Gasteiger partial charge >= 0.3 is 0 Å². The Morgan fingerprint density at radius 1 is 0.367 bits per heavy atom. The van der Waals surface area contributed by atoms with E-state index in [0.717, 1.165) is 27.6 Å². The lowest BCUT2D eigenvalue weighted by Crippen LogP contribution is -2.09. The Labute approximate surface area is 297 Å². The number of aromatic nitrogens is 1. The van der Waals surface area contributed by atoms with Crippen LogP contribution >= 0.6 is 45.3 Å². The minimum absolute atomic E-state index is 1.07. The molecule has 11 rings (SSSR count). The molecule has 0 aliphatic heterocycles. The number of hydrogen-bond acceptors (Lipinski definition) is 6.